The summed E-state index contributed by atoms with van der Waals surface area (Å²) in [6.07, 6.45) is 3.94. The van der Waals surface area contributed by atoms with E-state index in [1.54, 1.807) is 47.3 Å². The summed E-state index contributed by atoms with van der Waals surface area (Å²) in [7, 11) is 0. The lowest BCUT2D eigenvalue weighted by Crippen LogP contribution is -2.18. The number of amides is 2. The van der Waals surface area contributed by atoms with Gasteiger partial charge in [0.15, 0.2) is 0 Å². The van der Waals surface area contributed by atoms with Gasteiger partial charge in [-0.1, -0.05) is 30.3 Å². The summed E-state index contributed by atoms with van der Waals surface area (Å²) >= 11 is 0. The Morgan fingerprint density at radius 1 is 0.962 bits per heavy atom. The van der Waals surface area contributed by atoms with Gasteiger partial charge in [0.25, 0.3) is 5.91 Å². The van der Waals surface area contributed by atoms with Crippen molar-refractivity contribution in [1.29, 1.82) is 0 Å². The minimum atomic E-state index is -0.223. The van der Waals surface area contributed by atoms with Gasteiger partial charge in [0.1, 0.15) is 0 Å². The van der Waals surface area contributed by atoms with Crippen LogP contribution in [0.5, 0.6) is 0 Å². The Labute approximate surface area is 151 Å². The first-order valence-electron chi connectivity index (χ1n) is 8.36. The van der Waals surface area contributed by atoms with Crippen LogP contribution < -0.4 is 10.6 Å². The highest BCUT2D eigenvalue weighted by molar-refractivity contribution is 6.07. The van der Waals surface area contributed by atoms with Gasteiger partial charge in [0.05, 0.1) is 17.6 Å². The molecule has 3 rings (SSSR count). The van der Waals surface area contributed by atoms with Crippen LogP contribution >= 0.6 is 0 Å². The zero-order valence-corrected chi connectivity index (χ0v) is 14.5. The number of benzene rings is 2. The van der Waals surface area contributed by atoms with Crippen LogP contribution in [-0.4, -0.2) is 21.6 Å². The predicted octanol–water partition coefficient (Wildman–Crippen LogP) is 3.47. The molecular weight excluding hydrogens is 328 g/mol. The molecule has 0 aliphatic carbocycles. The van der Waals surface area contributed by atoms with E-state index in [2.05, 4.69) is 15.7 Å². The molecule has 0 fully saturated rings. The quantitative estimate of drug-likeness (QED) is 0.716. The Morgan fingerprint density at radius 3 is 2.27 bits per heavy atom. The second-order valence-corrected chi connectivity index (χ2v) is 5.94. The van der Waals surface area contributed by atoms with E-state index in [0.717, 1.165) is 5.56 Å². The lowest BCUT2D eigenvalue weighted by molar-refractivity contribution is -0.116. The van der Waals surface area contributed by atoms with Gasteiger partial charge in [-0.05, 0) is 36.8 Å². The number of hydrogen-bond donors (Lipinski definition) is 2. The van der Waals surface area contributed by atoms with Gasteiger partial charge in [-0.25, -0.2) is 0 Å². The van der Waals surface area contributed by atoms with Crippen molar-refractivity contribution < 1.29 is 9.59 Å². The molecule has 3 aromatic rings. The number of rotatable bonds is 6. The number of carbonyl (C=O) groups is 2. The summed E-state index contributed by atoms with van der Waals surface area (Å²) in [5.74, 6) is -0.362. The first-order valence-corrected chi connectivity index (χ1v) is 8.36. The van der Waals surface area contributed by atoms with Gasteiger partial charge in [0.2, 0.25) is 5.91 Å². The molecule has 0 aliphatic rings. The zero-order chi connectivity index (χ0) is 18.4. The van der Waals surface area contributed by atoms with E-state index in [9.17, 15) is 9.59 Å². The minimum Gasteiger partial charge on any atom is -0.324 e. The molecule has 0 atom stereocenters. The molecule has 26 heavy (non-hydrogen) atoms. The predicted molar refractivity (Wildman–Crippen MR) is 101 cm³/mol. The molecule has 6 nitrogen and oxygen atoms in total. The van der Waals surface area contributed by atoms with Crippen LogP contribution in [-0.2, 0) is 11.3 Å². The number of aromatic nitrogens is 2. The molecule has 0 saturated heterocycles. The molecule has 0 spiro atoms. The van der Waals surface area contributed by atoms with Gasteiger partial charge in [-0.15, -0.1) is 0 Å². The fourth-order valence-corrected chi connectivity index (χ4v) is 2.50. The van der Waals surface area contributed by atoms with E-state index in [1.807, 2.05) is 31.3 Å². The van der Waals surface area contributed by atoms with Crippen molar-refractivity contribution in [2.75, 3.05) is 10.6 Å². The van der Waals surface area contributed by atoms with Gasteiger partial charge in [-0.2, -0.15) is 5.10 Å². The highest BCUT2D eigenvalue weighted by atomic mass is 16.2. The van der Waals surface area contributed by atoms with Crippen LogP contribution in [0.2, 0.25) is 0 Å². The summed E-state index contributed by atoms with van der Waals surface area (Å²) in [5, 5.41) is 9.85. The Hall–Kier alpha value is -3.41. The third kappa shape index (κ3) is 4.57. The maximum absolute atomic E-state index is 12.3. The number of aryl methyl sites for hydroxylation is 2. The maximum Gasteiger partial charge on any atom is 0.255 e. The molecule has 2 amide bonds. The second kappa shape index (κ2) is 8.11. The molecular formula is C20H20N4O2. The lowest BCUT2D eigenvalue weighted by atomic mass is 10.2. The summed E-state index contributed by atoms with van der Waals surface area (Å²) < 4.78 is 1.73. The van der Waals surface area contributed by atoms with Gasteiger partial charge >= 0.3 is 0 Å². The number of para-hydroxylation sites is 2. The lowest BCUT2D eigenvalue weighted by Gasteiger charge is -2.12. The molecule has 0 saturated carbocycles. The zero-order valence-electron chi connectivity index (χ0n) is 14.5. The van der Waals surface area contributed by atoms with Crippen molar-refractivity contribution in [2.45, 2.75) is 19.9 Å². The minimum absolute atomic E-state index is 0.139. The number of anilines is 2. The van der Waals surface area contributed by atoms with Crippen molar-refractivity contribution in [1.82, 2.24) is 9.78 Å². The van der Waals surface area contributed by atoms with Crippen LogP contribution in [0.1, 0.15) is 22.3 Å². The molecule has 6 heteroatoms. The Balaban J connectivity index is 1.63. The maximum atomic E-state index is 12.3. The highest BCUT2D eigenvalue weighted by Crippen LogP contribution is 2.22. The average Bonchev–Trinajstić information content (AvgIpc) is 3.08. The van der Waals surface area contributed by atoms with E-state index in [4.69, 9.17) is 0 Å². The standard InChI is InChI=1S/C20H20N4O2/c1-15-13-21-24(14-15)12-11-19(25)22-17-9-5-6-10-18(17)23-20(26)16-7-3-2-4-8-16/h2-10,13-14H,11-12H2,1H3,(H,22,25)(H,23,26). The Kier molecular flexibility index (Phi) is 5.43. The van der Waals surface area contributed by atoms with E-state index >= 15 is 0 Å². The summed E-state index contributed by atoms with van der Waals surface area (Å²) in [5.41, 5.74) is 2.74. The fourth-order valence-electron chi connectivity index (χ4n) is 2.50. The fraction of sp³-hybridized carbons (Fsp3) is 0.150. The number of carbonyl (C=O) groups excluding carboxylic acids is 2. The van der Waals surface area contributed by atoms with E-state index in [-0.39, 0.29) is 11.8 Å². The average molecular weight is 348 g/mol. The molecule has 0 aliphatic heterocycles. The molecule has 0 unspecified atom stereocenters. The van der Waals surface area contributed by atoms with Crippen LogP contribution in [0.15, 0.2) is 67.0 Å². The second-order valence-electron chi connectivity index (χ2n) is 5.94. The van der Waals surface area contributed by atoms with Crippen LogP contribution in [0.4, 0.5) is 11.4 Å². The van der Waals surface area contributed by atoms with Crippen LogP contribution in [0.25, 0.3) is 0 Å². The van der Waals surface area contributed by atoms with E-state index in [0.29, 0.717) is 29.9 Å². The normalized spacial score (nSPS) is 10.3. The van der Waals surface area contributed by atoms with E-state index < -0.39 is 0 Å². The summed E-state index contributed by atoms with van der Waals surface area (Å²) in [6, 6.07) is 16.1. The van der Waals surface area contributed by atoms with Crippen molar-refractivity contribution in [2.24, 2.45) is 0 Å². The SMILES string of the molecule is Cc1cnn(CCC(=O)Nc2ccccc2NC(=O)c2ccccc2)c1. The molecule has 1 heterocycles. The largest absolute Gasteiger partial charge is 0.324 e. The monoisotopic (exact) mass is 348 g/mol. The number of nitrogens with one attached hydrogen (secondary N) is 2. The number of hydrogen-bond acceptors (Lipinski definition) is 3. The third-order valence-electron chi connectivity index (χ3n) is 3.82. The van der Waals surface area contributed by atoms with Gasteiger partial charge in [-0.3, -0.25) is 14.3 Å². The summed E-state index contributed by atoms with van der Waals surface area (Å²) in [4.78, 5) is 24.6. The molecule has 2 N–H and O–H groups in total. The molecule has 1 aromatic heterocycles. The Morgan fingerprint density at radius 2 is 1.62 bits per heavy atom. The molecule has 132 valence electrons. The van der Waals surface area contributed by atoms with Gasteiger partial charge in [0, 0.05) is 24.7 Å². The van der Waals surface area contributed by atoms with Crippen molar-refractivity contribution in [3.8, 4) is 0 Å². The van der Waals surface area contributed by atoms with Crippen molar-refractivity contribution >= 4 is 23.2 Å². The van der Waals surface area contributed by atoms with Crippen LogP contribution in [0, 0.1) is 6.92 Å². The molecule has 0 bridgehead atoms. The Bertz CT molecular complexity index is 903. The molecule has 0 radical (unpaired) electrons. The third-order valence-corrected chi connectivity index (χ3v) is 3.82. The smallest absolute Gasteiger partial charge is 0.255 e. The molecule has 2 aromatic carbocycles. The van der Waals surface area contributed by atoms with Crippen molar-refractivity contribution in [3.05, 3.63) is 78.1 Å². The summed E-state index contributed by atoms with van der Waals surface area (Å²) in [6.45, 7) is 2.45. The van der Waals surface area contributed by atoms with Gasteiger partial charge < -0.3 is 10.6 Å². The van der Waals surface area contributed by atoms with E-state index in [1.165, 1.54) is 0 Å². The number of nitrogens with zero attached hydrogens (tertiary/aromatic N) is 2. The topological polar surface area (TPSA) is 76.0 Å². The first kappa shape index (κ1) is 17.4. The van der Waals surface area contributed by atoms with Crippen LogP contribution in [0.3, 0.4) is 0 Å². The van der Waals surface area contributed by atoms with Crippen molar-refractivity contribution in [3.63, 3.8) is 0 Å². The first-order chi connectivity index (χ1) is 12.6. The highest BCUT2D eigenvalue weighted by Gasteiger charge is 2.11.